The van der Waals surface area contributed by atoms with E-state index in [1.165, 1.54) is 4.88 Å². The molecule has 0 saturated heterocycles. The van der Waals surface area contributed by atoms with Crippen LogP contribution in [0.25, 0.3) is 0 Å². The maximum absolute atomic E-state index is 6.07. The van der Waals surface area contributed by atoms with Crippen LogP contribution in [0.5, 0.6) is 0 Å². The predicted molar refractivity (Wildman–Crippen MR) is 72.7 cm³/mol. The molecule has 2 nitrogen and oxygen atoms in total. The van der Waals surface area contributed by atoms with Gasteiger partial charge in [-0.3, -0.25) is 4.90 Å². The molecule has 1 unspecified atom stereocenters. The van der Waals surface area contributed by atoms with E-state index in [2.05, 4.69) is 43.2 Å². The highest BCUT2D eigenvalue weighted by Gasteiger charge is 2.10. The molecule has 0 aromatic carbocycles. The average molecular weight is 240 g/mol. The van der Waals surface area contributed by atoms with E-state index in [4.69, 9.17) is 5.73 Å². The number of hydrogen-bond acceptors (Lipinski definition) is 3. The van der Waals surface area contributed by atoms with Crippen molar-refractivity contribution in [2.24, 2.45) is 11.7 Å². The zero-order valence-electron chi connectivity index (χ0n) is 10.6. The third-order valence-corrected chi connectivity index (χ3v) is 3.90. The Labute approximate surface area is 103 Å². The fourth-order valence-electron chi connectivity index (χ4n) is 1.64. The number of rotatable bonds is 7. The van der Waals surface area contributed by atoms with Gasteiger partial charge in [0, 0.05) is 17.5 Å². The summed E-state index contributed by atoms with van der Waals surface area (Å²) in [5.41, 5.74) is 6.07. The van der Waals surface area contributed by atoms with Crippen LogP contribution in [-0.2, 0) is 6.54 Å². The Morgan fingerprint density at radius 2 is 2.19 bits per heavy atom. The van der Waals surface area contributed by atoms with Gasteiger partial charge in [0.05, 0.1) is 0 Å². The molecule has 0 aliphatic carbocycles. The van der Waals surface area contributed by atoms with Crippen LogP contribution in [-0.4, -0.2) is 24.0 Å². The molecule has 16 heavy (non-hydrogen) atoms. The lowest BCUT2D eigenvalue weighted by Crippen LogP contribution is -2.33. The van der Waals surface area contributed by atoms with E-state index in [1.807, 2.05) is 11.3 Å². The molecule has 2 N–H and O–H groups in total. The van der Waals surface area contributed by atoms with Gasteiger partial charge in [-0.05, 0) is 36.9 Å². The van der Waals surface area contributed by atoms with Crippen LogP contribution in [0, 0.1) is 5.92 Å². The first-order valence-electron chi connectivity index (χ1n) is 6.13. The van der Waals surface area contributed by atoms with Gasteiger partial charge < -0.3 is 5.73 Å². The zero-order valence-corrected chi connectivity index (χ0v) is 11.5. The third kappa shape index (κ3) is 4.64. The van der Waals surface area contributed by atoms with Crippen molar-refractivity contribution in [2.75, 3.05) is 13.1 Å². The summed E-state index contributed by atoms with van der Waals surface area (Å²) >= 11 is 1.83. The first kappa shape index (κ1) is 13.7. The molecule has 0 bridgehead atoms. The van der Waals surface area contributed by atoms with Crippen LogP contribution in [0.2, 0.25) is 0 Å². The maximum Gasteiger partial charge on any atom is 0.0327 e. The van der Waals surface area contributed by atoms with Crippen molar-refractivity contribution in [3.63, 3.8) is 0 Å². The average Bonchev–Trinajstić information content (AvgIpc) is 2.76. The summed E-state index contributed by atoms with van der Waals surface area (Å²) < 4.78 is 0. The highest BCUT2D eigenvalue weighted by Crippen LogP contribution is 2.12. The van der Waals surface area contributed by atoms with Gasteiger partial charge in [-0.1, -0.05) is 26.8 Å². The van der Waals surface area contributed by atoms with E-state index in [0.29, 0.717) is 12.0 Å². The molecular weight excluding hydrogens is 216 g/mol. The van der Waals surface area contributed by atoms with Crippen molar-refractivity contribution in [2.45, 2.75) is 39.8 Å². The second-order valence-electron chi connectivity index (χ2n) is 4.64. The lowest BCUT2D eigenvalue weighted by molar-refractivity contribution is 0.260. The summed E-state index contributed by atoms with van der Waals surface area (Å²) in [6.45, 7) is 9.88. The van der Waals surface area contributed by atoms with Crippen molar-refractivity contribution in [1.82, 2.24) is 4.90 Å². The summed E-state index contributed by atoms with van der Waals surface area (Å²) in [7, 11) is 0. The van der Waals surface area contributed by atoms with E-state index < -0.39 is 0 Å². The van der Waals surface area contributed by atoms with Crippen LogP contribution in [0.15, 0.2) is 17.5 Å². The topological polar surface area (TPSA) is 29.3 Å². The Hall–Kier alpha value is -0.380. The standard InChI is InChI=1S/C13H24N2S/c1-4-15(8-7-13(14)11(2)3)10-12-6-5-9-16-12/h5-6,9,11,13H,4,7-8,10,14H2,1-3H3. The molecule has 0 amide bonds. The van der Waals surface area contributed by atoms with Crippen molar-refractivity contribution in [3.05, 3.63) is 22.4 Å². The summed E-state index contributed by atoms with van der Waals surface area (Å²) in [4.78, 5) is 3.91. The minimum atomic E-state index is 0.331. The SMILES string of the molecule is CCN(CCC(N)C(C)C)Cc1cccs1. The minimum absolute atomic E-state index is 0.331. The molecule has 1 atom stereocenters. The predicted octanol–water partition coefficient (Wildman–Crippen LogP) is 2.94. The van der Waals surface area contributed by atoms with E-state index >= 15 is 0 Å². The summed E-state index contributed by atoms with van der Waals surface area (Å²) in [5, 5.41) is 2.14. The molecule has 1 aromatic rings. The highest BCUT2D eigenvalue weighted by atomic mass is 32.1. The number of hydrogen-bond donors (Lipinski definition) is 1. The Bertz CT molecular complexity index is 269. The smallest absolute Gasteiger partial charge is 0.0327 e. The van der Waals surface area contributed by atoms with E-state index in [9.17, 15) is 0 Å². The maximum atomic E-state index is 6.07. The van der Waals surface area contributed by atoms with Crippen LogP contribution in [0.3, 0.4) is 0 Å². The normalized spacial score (nSPS) is 13.6. The quantitative estimate of drug-likeness (QED) is 0.794. The summed E-state index contributed by atoms with van der Waals surface area (Å²) in [6, 6.07) is 4.65. The molecule has 0 aliphatic rings. The van der Waals surface area contributed by atoms with Crippen LogP contribution < -0.4 is 5.73 Å². The molecular formula is C13H24N2S. The monoisotopic (exact) mass is 240 g/mol. The van der Waals surface area contributed by atoms with Crippen LogP contribution in [0.4, 0.5) is 0 Å². The Morgan fingerprint density at radius 1 is 1.44 bits per heavy atom. The van der Waals surface area contributed by atoms with Gasteiger partial charge >= 0.3 is 0 Å². The minimum Gasteiger partial charge on any atom is -0.327 e. The Balaban J connectivity index is 2.32. The fraction of sp³-hybridized carbons (Fsp3) is 0.692. The first-order valence-corrected chi connectivity index (χ1v) is 7.01. The summed E-state index contributed by atoms with van der Waals surface area (Å²) in [5.74, 6) is 0.584. The lowest BCUT2D eigenvalue weighted by Gasteiger charge is -2.23. The molecule has 1 rings (SSSR count). The van der Waals surface area contributed by atoms with Gasteiger partial charge in [0.2, 0.25) is 0 Å². The number of nitrogens with zero attached hydrogens (tertiary/aromatic N) is 1. The van der Waals surface area contributed by atoms with Crippen molar-refractivity contribution in [1.29, 1.82) is 0 Å². The lowest BCUT2D eigenvalue weighted by atomic mass is 10.0. The van der Waals surface area contributed by atoms with Gasteiger partial charge in [0.25, 0.3) is 0 Å². The van der Waals surface area contributed by atoms with Gasteiger partial charge in [-0.2, -0.15) is 0 Å². The summed E-state index contributed by atoms with van der Waals surface area (Å²) in [6.07, 6.45) is 1.09. The molecule has 1 aromatic heterocycles. The van der Waals surface area contributed by atoms with E-state index in [-0.39, 0.29) is 0 Å². The molecule has 92 valence electrons. The molecule has 0 spiro atoms. The number of nitrogens with two attached hydrogens (primary N) is 1. The third-order valence-electron chi connectivity index (χ3n) is 3.04. The highest BCUT2D eigenvalue weighted by molar-refractivity contribution is 7.09. The van der Waals surface area contributed by atoms with Gasteiger partial charge in [-0.25, -0.2) is 0 Å². The van der Waals surface area contributed by atoms with Crippen LogP contribution in [0.1, 0.15) is 32.1 Å². The van der Waals surface area contributed by atoms with Crippen LogP contribution >= 0.6 is 11.3 Å². The Kier molecular flexibility index (Phi) is 6.03. The number of thiophene rings is 1. The van der Waals surface area contributed by atoms with Gasteiger partial charge in [0.15, 0.2) is 0 Å². The van der Waals surface area contributed by atoms with Gasteiger partial charge in [0.1, 0.15) is 0 Å². The van der Waals surface area contributed by atoms with Crippen molar-refractivity contribution < 1.29 is 0 Å². The first-order chi connectivity index (χ1) is 7.63. The largest absolute Gasteiger partial charge is 0.327 e. The van der Waals surface area contributed by atoms with Crippen molar-refractivity contribution in [3.8, 4) is 0 Å². The van der Waals surface area contributed by atoms with E-state index in [0.717, 1.165) is 26.1 Å². The molecule has 0 aliphatic heterocycles. The van der Waals surface area contributed by atoms with Gasteiger partial charge in [-0.15, -0.1) is 11.3 Å². The molecule has 1 heterocycles. The Morgan fingerprint density at radius 3 is 2.69 bits per heavy atom. The molecule has 0 radical (unpaired) electrons. The van der Waals surface area contributed by atoms with Crippen molar-refractivity contribution >= 4 is 11.3 Å². The molecule has 0 saturated carbocycles. The second-order valence-corrected chi connectivity index (χ2v) is 5.68. The fourth-order valence-corrected chi connectivity index (χ4v) is 2.38. The molecule has 0 fully saturated rings. The second kappa shape index (κ2) is 7.05. The molecule has 3 heteroatoms. The zero-order chi connectivity index (χ0) is 12.0. The van der Waals surface area contributed by atoms with E-state index in [1.54, 1.807) is 0 Å².